The molecule has 1 aromatic carbocycles. The average Bonchev–Trinajstić information content (AvgIpc) is 3.06. The minimum absolute atomic E-state index is 0.0148. The number of amides is 1. The first-order chi connectivity index (χ1) is 14.4. The number of carbonyl (C=O) groups is 1. The van der Waals surface area contributed by atoms with Crippen LogP contribution in [0.15, 0.2) is 18.2 Å². The van der Waals surface area contributed by atoms with Crippen molar-refractivity contribution in [3.63, 3.8) is 0 Å². The Labute approximate surface area is 176 Å². The zero-order valence-corrected chi connectivity index (χ0v) is 17.6. The molecule has 6 nitrogen and oxygen atoms in total. The quantitative estimate of drug-likeness (QED) is 0.709. The Morgan fingerprint density at radius 2 is 1.77 bits per heavy atom. The van der Waals surface area contributed by atoms with E-state index in [1.54, 1.807) is 4.90 Å². The number of hydrogen-bond donors (Lipinski definition) is 1. The van der Waals surface area contributed by atoms with Gasteiger partial charge in [0.15, 0.2) is 0 Å². The first-order valence-corrected chi connectivity index (χ1v) is 10.7. The molecule has 1 saturated heterocycles. The molecule has 1 N–H and O–H groups in total. The molecule has 1 aromatic rings. The van der Waals surface area contributed by atoms with E-state index in [0.717, 1.165) is 43.9 Å². The summed E-state index contributed by atoms with van der Waals surface area (Å²) < 4.78 is 37.6. The van der Waals surface area contributed by atoms with Crippen LogP contribution in [0.1, 0.15) is 38.5 Å². The fourth-order valence-corrected chi connectivity index (χ4v) is 4.47. The van der Waals surface area contributed by atoms with E-state index in [1.165, 1.54) is 20.0 Å². The van der Waals surface area contributed by atoms with E-state index in [1.807, 2.05) is 0 Å². The molecule has 1 atom stereocenters. The van der Waals surface area contributed by atoms with Gasteiger partial charge in [-0.1, -0.05) is 25.7 Å². The van der Waals surface area contributed by atoms with Crippen LogP contribution in [-0.4, -0.2) is 79.0 Å². The molecular weight excluding hydrogens is 394 g/mol. The van der Waals surface area contributed by atoms with Gasteiger partial charge in [0, 0.05) is 51.0 Å². The summed E-state index contributed by atoms with van der Waals surface area (Å²) in [5.41, 5.74) is -1.37. The Morgan fingerprint density at radius 3 is 2.40 bits per heavy atom. The molecule has 0 spiro atoms. The van der Waals surface area contributed by atoms with E-state index in [0.29, 0.717) is 25.7 Å². The van der Waals surface area contributed by atoms with Gasteiger partial charge in [-0.3, -0.25) is 9.69 Å². The van der Waals surface area contributed by atoms with Crippen molar-refractivity contribution in [1.82, 2.24) is 9.80 Å². The van der Waals surface area contributed by atoms with Gasteiger partial charge < -0.3 is 19.5 Å². The monoisotopic (exact) mass is 426 g/mol. The molecule has 1 aliphatic heterocycles. The third kappa shape index (κ3) is 6.36. The summed E-state index contributed by atoms with van der Waals surface area (Å²) in [7, 11) is 1.46. The van der Waals surface area contributed by atoms with Crippen molar-refractivity contribution in [3.05, 3.63) is 29.8 Å². The van der Waals surface area contributed by atoms with Gasteiger partial charge in [-0.15, -0.1) is 0 Å². The van der Waals surface area contributed by atoms with Gasteiger partial charge >= 0.3 is 0 Å². The Morgan fingerprint density at radius 1 is 1.10 bits per heavy atom. The summed E-state index contributed by atoms with van der Waals surface area (Å²) in [6.07, 6.45) is 6.90. The Hall–Kier alpha value is -1.77. The third-order valence-corrected chi connectivity index (χ3v) is 5.94. The number of nitrogens with zero attached hydrogens (tertiary/aromatic N) is 2. The van der Waals surface area contributed by atoms with Crippen LogP contribution in [0.5, 0.6) is 5.75 Å². The van der Waals surface area contributed by atoms with E-state index >= 15 is 0 Å². The molecule has 168 valence electrons. The minimum atomic E-state index is -1.37. The van der Waals surface area contributed by atoms with E-state index < -0.39 is 17.2 Å². The summed E-state index contributed by atoms with van der Waals surface area (Å²) in [5.74, 6) is -1.67. The van der Waals surface area contributed by atoms with Crippen LogP contribution in [0.3, 0.4) is 0 Å². The second kappa shape index (κ2) is 10.5. The van der Waals surface area contributed by atoms with Crippen LogP contribution in [0, 0.1) is 11.6 Å². The number of ether oxygens (including phenoxy) is 2. The van der Waals surface area contributed by atoms with Crippen molar-refractivity contribution >= 4 is 5.91 Å². The molecule has 0 aromatic heterocycles. The van der Waals surface area contributed by atoms with Gasteiger partial charge in [0.05, 0.1) is 6.54 Å². The topological polar surface area (TPSA) is 62.2 Å². The predicted octanol–water partition coefficient (Wildman–Crippen LogP) is 2.59. The number of hydrogen-bond acceptors (Lipinski definition) is 5. The zero-order valence-electron chi connectivity index (χ0n) is 17.6. The number of rotatable bonds is 6. The lowest BCUT2D eigenvalue weighted by atomic mass is 10.0. The van der Waals surface area contributed by atoms with E-state index in [-0.39, 0.29) is 31.4 Å². The van der Waals surface area contributed by atoms with Crippen molar-refractivity contribution < 1.29 is 28.2 Å². The molecule has 2 fully saturated rings. The molecule has 1 saturated carbocycles. The average molecular weight is 427 g/mol. The molecule has 0 radical (unpaired) electrons. The van der Waals surface area contributed by atoms with Crippen molar-refractivity contribution in [2.45, 2.75) is 50.2 Å². The van der Waals surface area contributed by atoms with Crippen LogP contribution < -0.4 is 4.74 Å². The summed E-state index contributed by atoms with van der Waals surface area (Å²) in [6.45, 7) is 1.35. The van der Waals surface area contributed by atoms with Gasteiger partial charge in [0.2, 0.25) is 5.91 Å². The summed E-state index contributed by atoms with van der Waals surface area (Å²) in [4.78, 5) is 16.3. The maximum absolute atomic E-state index is 13.5. The summed E-state index contributed by atoms with van der Waals surface area (Å²) >= 11 is 0. The maximum Gasteiger partial charge on any atom is 0.248 e. The number of aliphatic hydroxyl groups is 1. The molecule has 30 heavy (non-hydrogen) atoms. The van der Waals surface area contributed by atoms with E-state index in [9.17, 15) is 18.7 Å². The normalized spacial score (nSPS) is 24.3. The Bertz CT molecular complexity index is 692. The first kappa shape index (κ1) is 22.9. The Kier molecular flexibility index (Phi) is 8.02. The van der Waals surface area contributed by atoms with Gasteiger partial charge in [-0.05, 0) is 12.8 Å². The lowest BCUT2D eigenvalue weighted by molar-refractivity contribution is -0.138. The van der Waals surface area contributed by atoms with Crippen LogP contribution in [0.25, 0.3) is 0 Å². The van der Waals surface area contributed by atoms with Crippen molar-refractivity contribution in [2.75, 3.05) is 46.5 Å². The summed E-state index contributed by atoms with van der Waals surface area (Å²) in [5, 5.41) is 11.4. The molecule has 2 aliphatic rings. The van der Waals surface area contributed by atoms with Crippen LogP contribution >= 0.6 is 0 Å². The smallest absolute Gasteiger partial charge is 0.248 e. The number of benzene rings is 1. The maximum atomic E-state index is 13.5. The van der Waals surface area contributed by atoms with E-state index in [2.05, 4.69) is 4.90 Å². The number of β-amino-alcohol motifs (C(OH)–C–C–N with tert-alkyl or cyclic N) is 1. The Balaban J connectivity index is 1.76. The van der Waals surface area contributed by atoms with Crippen molar-refractivity contribution in [2.24, 2.45) is 0 Å². The highest BCUT2D eigenvalue weighted by atomic mass is 19.1. The number of methoxy groups -OCH3 is 1. The second-order valence-electron chi connectivity index (χ2n) is 8.48. The fourth-order valence-electron chi connectivity index (χ4n) is 4.47. The lowest BCUT2D eigenvalue weighted by Gasteiger charge is -2.36. The summed E-state index contributed by atoms with van der Waals surface area (Å²) in [6, 6.07) is 3.29. The van der Waals surface area contributed by atoms with Gasteiger partial charge in [0.25, 0.3) is 0 Å². The van der Waals surface area contributed by atoms with Crippen LogP contribution in [0.2, 0.25) is 0 Å². The molecule has 1 aliphatic carbocycles. The first-order valence-electron chi connectivity index (χ1n) is 10.7. The van der Waals surface area contributed by atoms with Crippen LogP contribution in [-0.2, 0) is 9.53 Å². The number of halogens is 2. The standard InChI is InChI=1S/C22H32F2N2O4/c1-29-13-21(27)26-9-8-25(19-6-4-2-3-5-7-19)14-22(28,15-26)16-30-20-11-17(23)10-18(24)12-20/h10-12,19,28H,2-9,13-16H2,1H3/t22-/m0/s1. The van der Waals surface area contributed by atoms with Crippen molar-refractivity contribution in [3.8, 4) is 5.75 Å². The van der Waals surface area contributed by atoms with Crippen LogP contribution in [0.4, 0.5) is 8.78 Å². The highest BCUT2D eigenvalue weighted by Crippen LogP contribution is 2.26. The molecule has 1 amide bonds. The van der Waals surface area contributed by atoms with E-state index in [4.69, 9.17) is 9.47 Å². The predicted molar refractivity (Wildman–Crippen MR) is 108 cm³/mol. The van der Waals surface area contributed by atoms with Gasteiger partial charge in [-0.25, -0.2) is 8.78 Å². The van der Waals surface area contributed by atoms with Gasteiger partial charge in [-0.2, -0.15) is 0 Å². The molecule has 8 heteroatoms. The zero-order chi connectivity index (χ0) is 21.6. The number of carbonyl (C=O) groups excluding carboxylic acids is 1. The molecule has 0 bridgehead atoms. The lowest BCUT2D eigenvalue weighted by Crippen LogP contribution is -2.53. The largest absolute Gasteiger partial charge is 0.490 e. The third-order valence-electron chi connectivity index (χ3n) is 5.94. The van der Waals surface area contributed by atoms with Crippen molar-refractivity contribution in [1.29, 1.82) is 0 Å². The molecular formula is C22H32F2N2O4. The highest BCUT2D eigenvalue weighted by Gasteiger charge is 2.39. The SMILES string of the molecule is COCC(=O)N1CCN(C2CCCCCC2)C[C@@](O)(COc2cc(F)cc(F)c2)C1. The molecule has 1 heterocycles. The molecule has 3 rings (SSSR count). The minimum Gasteiger partial charge on any atom is -0.490 e. The fraction of sp³-hybridized carbons (Fsp3) is 0.682. The second-order valence-corrected chi connectivity index (χ2v) is 8.48. The molecule has 0 unspecified atom stereocenters. The highest BCUT2D eigenvalue weighted by molar-refractivity contribution is 5.77. The van der Waals surface area contributed by atoms with Gasteiger partial charge in [0.1, 0.15) is 36.2 Å².